The lowest BCUT2D eigenvalue weighted by Crippen LogP contribution is -2.11. The van der Waals surface area contributed by atoms with Gasteiger partial charge in [0.05, 0.1) is 12.8 Å². The van der Waals surface area contributed by atoms with Gasteiger partial charge in [0.25, 0.3) is 0 Å². The molecule has 13 heteroatoms. The van der Waals surface area contributed by atoms with Gasteiger partial charge in [-0.05, 0) is 41.2 Å². The first kappa shape index (κ1) is 27.0. The summed E-state index contributed by atoms with van der Waals surface area (Å²) in [5.41, 5.74) is 4.45. The van der Waals surface area contributed by atoms with Gasteiger partial charge in [-0.25, -0.2) is 0 Å². The molecule has 0 atom stereocenters. The standard InChI is InChI=1S/C26H24N8O5/c1-15(35)6-21-27-29-22(30-28-21)11-19-8-18(7-16-2-4-17(5-3-16)13-25(36)37)9-20(10-19)12-23-31-33-24(34-32-23)14-26(38)39/h2-5,8-10H,6-7,11-14H2,1H3,(H,36,37)(H,38,39). The molecule has 4 aromatic rings. The van der Waals surface area contributed by atoms with E-state index < -0.39 is 11.9 Å². The highest BCUT2D eigenvalue weighted by atomic mass is 16.4. The van der Waals surface area contributed by atoms with Crippen LogP contribution in [0.1, 0.15) is 58.0 Å². The summed E-state index contributed by atoms with van der Waals surface area (Å²) in [7, 11) is 0. The van der Waals surface area contributed by atoms with Crippen molar-refractivity contribution < 1.29 is 24.6 Å². The van der Waals surface area contributed by atoms with Gasteiger partial charge >= 0.3 is 11.9 Å². The number of aliphatic carboxylic acids is 2. The minimum Gasteiger partial charge on any atom is -0.481 e. The lowest BCUT2D eigenvalue weighted by molar-refractivity contribution is -0.137. The van der Waals surface area contributed by atoms with Crippen LogP contribution in [0.3, 0.4) is 0 Å². The summed E-state index contributed by atoms with van der Waals surface area (Å²) in [6.45, 7) is 1.44. The molecule has 0 aliphatic heterocycles. The first-order valence-corrected chi connectivity index (χ1v) is 11.9. The van der Waals surface area contributed by atoms with Gasteiger partial charge in [0.15, 0.2) is 23.3 Å². The molecule has 2 heterocycles. The van der Waals surface area contributed by atoms with E-state index in [1.54, 1.807) is 12.1 Å². The fourth-order valence-corrected chi connectivity index (χ4v) is 3.88. The van der Waals surface area contributed by atoms with Crippen LogP contribution in [0.25, 0.3) is 0 Å². The summed E-state index contributed by atoms with van der Waals surface area (Å²) in [6, 6.07) is 13.3. The van der Waals surface area contributed by atoms with E-state index in [-0.39, 0.29) is 36.7 Å². The molecule has 0 saturated carbocycles. The Bertz CT molecular complexity index is 1280. The third-order valence-electron chi connectivity index (χ3n) is 5.46. The average molecular weight is 529 g/mol. The van der Waals surface area contributed by atoms with Crippen LogP contribution in [-0.2, 0) is 52.9 Å². The molecule has 198 valence electrons. The number of hydrogen-bond acceptors (Lipinski definition) is 11. The van der Waals surface area contributed by atoms with Gasteiger partial charge in [0, 0.05) is 12.8 Å². The van der Waals surface area contributed by atoms with Crippen molar-refractivity contribution in [3.05, 3.63) is 93.6 Å². The van der Waals surface area contributed by atoms with Crippen molar-refractivity contribution in [3.63, 3.8) is 0 Å². The van der Waals surface area contributed by atoms with Gasteiger partial charge in [-0.1, -0.05) is 42.5 Å². The van der Waals surface area contributed by atoms with Crippen molar-refractivity contribution in [1.82, 2.24) is 40.8 Å². The second kappa shape index (κ2) is 12.4. The molecule has 0 spiro atoms. The highest BCUT2D eigenvalue weighted by molar-refractivity contribution is 5.77. The maximum atomic E-state index is 11.3. The molecule has 0 bridgehead atoms. The van der Waals surface area contributed by atoms with Crippen molar-refractivity contribution in [2.75, 3.05) is 0 Å². The van der Waals surface area contributed by atoms with Crippen LogP contribution in [0.2, 0.25) is 0 Å². The van der Waals surface area contributed by atoms with E-state index in [0.717, 1.165) is 27.8 Å². The van der Waals surface area contributed by atoms with Gasteiger partial charge in [-0.15, -0.1) is 40.8 Å². The smallest absolute Gasteiger partial charge is 0.311 e. The Hall–Kier alpha value is -5.07. The Kier molecular flexibility index (Phi) is 8.61. The monoisotopic (exact) mass is 528 g/mol. The van der Waals surface area contributed by atoms with Crippen LogP contribution in [0.15, 0.2) is 42.5 Å². The summed E-state index contributed by atoms with van der Waals surface area (Å²) in [6.07, 6.45) is 0.893. The molecule has 0 fully saturated rings. The zero-order valence-corrected chi connectivity index (χ0v) is 21.0. The molecule has 0 saturated heterocycles. The fourth-order valence-electron chi connectivity index (χ4n) is 3.88. The number of carboxylic acids is 2. The molecule has 2 N–H and O–H groups in total. The summed E-state index contributed by atoms with van der Waals surface area (Å²) < 4.78 is 0. The van der Waals surface area contributed by atoms with Crippen molar-refractivity contribution in [2.24, 2.45) is 0 Å². The number of hydrogen-bond donors (Lipinski definition) is 2. The maximum Gasteiger partial charge on any atom is 0.311 e. The predicted octanol–water partition coefficient (Wildman–Crippen LogP) is 1.00. The topological polar surface area (TPSA) is 195 Å². The van der Waals surface area contributed by atoms with Crippen molar-refractivity contribution in [3.8, 4) is 0 Å². The van der Waals surface area contributed by atoms with Gasteiger partial charge in [-0.3, -0.25) is 14.4 Å². The molecule has 4 rings (SSSR count). The third kappa shape index (κ3) is 8.49. The van der Waals surface area contributed by atoms with E-state index in [2.05, 4.69) is 40.8 Å². The van der Waals surface area contributed by atoms with Crippen LogP contribution in [0.4, 0.5) is 0 Å². The van der Waals surface area contributed by atoms with Crippen molar-refractivity contribution in [1.29, 1.82) is 0 Å². The van der Waals surface area contributed by atoms with Gasteiger partial charge in [0.2, 0.25) is 0 Å². The molecule has 0 aliphatic carbocycles. The Labute approximate surface area is 222 Å². The van der Waals surface area contributed by atoms with Gasteiger partial charge in [0.1, 0.15) is 12.2 Å². The number of benzene rings is 2. The van der Waals surface area contributed by atoms with E-state index in [1.807, 2.05) is 30.3 Å². The molecular formula is C26H24N8O5. The summed E-state index contributed by atoms with van der Waals surface area (Å²) in [4.78, 5) is 33.1. The van der Waals surface area contributed by atoms with Crippen LogP contribution < -0.4 is 0 Å². The second-order valence-electron chi connectivity index (χ2n) is 8.99. The second-order valence-corrected chi connectivity index (χ2v) is 8.99. The summed E-state index contributed by atoms with van der Waals surface area (Å²) >= 11 is 0. The molecule has 39 heavy (non-hydrogen) atoms. The Morgan fingerprint density at radius 1 is 0.513 bits per heavy atom. The molecule has 0 aliphatic rings. The maximum absolute atomic E-state index is 11.3. The van der Waals surface area contributed by atoms with Crippen LogP contribution >= 0.6 is 0 Å². The summed E-state index contributed by atoms with van der Waals surface area (Å²) in [5.74, 6) is -1.03. The van der Waals surface area contributed by atoms with E-state index in [0.29, 0.717) is 30.9 Å². The largest absolute Gasteiger partial charge is 0.481 e. The minimum absolute atomic E-state index is 0.0254. The molecule has 13 nitrogen and oxygen atoms in total. The first-order chi connectivity index (χ1) is 18.7. The van der Waals surface area contributed by atoms with E-state index in [1.165, 1.54) is 6.92 Å². The zero-order chi connectivity index (χ0) is 27.8. The van der Waals surface area contributed by atoms with E-state index in [9.17, 15) is 14.4 Å². The lowest BCUT2D eigenvalue weighted by Gasteiger charge is -2.10. The zero-order valence-electron chi connectivity index (χ0n) is 21.0. The van der Waals surface area contributed by atoms with Crippen LogP contribution in [-0.4, -0.2) is 68.7 Å². The highest BCUT2D eigenvalue weighted by Gasteiger charge is 2.11. The van der Waals surface area contributed by atoms with Gasteiger partial charge < -0.3 is 10.2 Å². The first-order valence-electron chi connectivity index (χ1n) is 11.9. The third-order valence-corrected chi connectivity index (χ3v) is 5.46. The fraction of sp³-hybridized carbons (Fsp3) is 0.269. The van der Waals surface area contributed by atoms with Crippen LogP contribution in [0, 0.1) is 0 Å². The number of aromatic nitrogens is 8. The number of nitrogens with zero attached hydrogens (tertiary/aromatic N) is 8. The summed E-state index contributed by atoms with van der Waals surface area (Å²) in [5, 5.41) is 49.8. The minimum atomic E-state index is -1.07. The average Bonchev–Trinajstić information content (AvgIpc) is 2.87. The molecule has 0 unspecified atom stereocenters. The van der Waals surface area contributed by atoms with Crippen molar-refractivity contribution >= 4 is 17.7 Å². The number of carbonyl (C=O) groups excluding carboxylic acids is 1. The van der Waals surface area contributed by atoms with E-state index in [4.69, 9.17) is 10.2 Å². The molecular weight excluding hydrogens is 504 g/mol. The number of ketones is 1. The Balaban J connectivity index is 1.57. The number of carbonyl (C=O) groups is 3. The lowest BCUT2D eigenvalue weighted by atomic mass is 9.96. The molecule has 2 aromatic carbocycles. The Morgan fingerprint density at radius 3 is 1.33 bits per heavy atom. The van der Waals surface area contributed by atoms with Crippen molar-refractivity contribution in [2.45, 2.75) is 45.4 Å². The van der Waals surface area contributed by atoms with Crippen LogP contribution in [0.5, 0.6) is 0 Å². The van der Waals surface area contributed by atoms with Gasteiger partial charge in [-0.2, -0.15) is 0 Å². The molecule has 2 aromatic heterocycles. The normalized spacial score (nSPS) is 10.8. The van der Waals surface area contributed by atoms with E-state index >= 15 is 0 Å². The SMILES string of the molecule is CC(=O)Cc1nnc(Cc2cc(Cc3ccc(CC(=O)O)cc3)cc(Cc3nnc(CC(=O)O)nn3)c2)nn1. The Morgan fingerprint density at radius 2 is 0.897 bits per heavy atom. The molecule has 0 radical (unpaired) electrons. The highest BCUT2D eigenvalue weighted by Crippen LogP contribution is 2.19. The number of carboxylic acid groups (broad SMARTS) is 2. The number of rotatable bonds is 12. The molecule has 0 amide bonds. The quantitative estimate of drug-likeness (QED) is 0.264. The number of Topliss-reactive ketones (excluding diaryl/α,β-unsaturated/α-hetero) is 1. The predicted molar refractivity (Wildman–Crippen MR) is 134 cm³/mol.